The summed E-state index contributed by atoms with van der Waals surface area (Å²) in [4.78, 5) is 2.24. The van der Waals surface area contributed by atoms with Crippen molar-refractivity contribution in [3.63, 3.8) is 0 Å². The Balaban J connectivity index is 1.78. The molecule has 0 aliphatic rings. The summed E-state index contributed by atoms with van der Waals surface area (Å²) in [7, 11) is 2.09. The number of likely N-dealkylation sites (N-methyl/N-ethyl adjacent to an activating group) is 1. The third-order valence-electron chi connectivity index (χ3n) is 3.19. The molecule has 0 saturated heterocycles. The number of rotatable bonds is 6. The fraction of sp³-hybridized carbons (Fsp3) is 0.294. The van der Waals surface area contributed by atoms with Gasteiger partial charge in [0.25, 0.3) is 0 Å². The van der Waals surface area contributed by atoms with Gasteiger partial charge in [0.2, 0.25) is 0 Å². The van der Waals surface area contributed by atoms with Gasteiger partial charge in [-0.25, -0.2) is 0 Å². The summed E-state index contributed by atoms with van der Waals surface area (Å²) in [6, 6.07) is 16.3. The van der Waals surface area contributed by atoms with Gasteiger partial charge in [0.1, 0.15) is 12.4 Å². The van der Waals surface area contributed by atoms with Gasteiger partial charge >= 0.3 is 0 Å². The van der Waals surface area contributed by atoms with Crippen LogP contribution in [0.25, 0.3) is 0 Å². The minimum Gasteiger partial charge on any atom is -0.490 e. The summed E-state index contributed by atoms with van der Waals surface area (Å²) in [5.41, 5.74) is 9.09. The van der Waals surface area contributed by atoms with Crippen LogP contribution in [0.4, 0.5) is 5.69 Å². The molecular formula is C17H22N2O. The van der Waals surface area contributed by atoms with Crippen molar-refractivity contribution in [3.8, 4) is 5.75 Å². The molecule has 3 heteroatoms. The Morgan fingerprint density at radius 1 is 1.10 bits per heavy atom. The zero-order valence-corrected chi connectivity index (χ0v) is 12.2. The SMILES string of the molecule is Cc1ccc(OCCN(C)Cc2ccccc2)c(N)c1. The van der Waals surface area contributed by atoms with Gasteiger partial charge in [-0.2, -0.15) is 0 Å². The zero-order valence-electron chi connectivity index (χ0n) is 12.2. The lowest BCUT2D eigenvalue weighted by Gasteiger charge is -2.17. The third-order valence-corrected chi connectivity index (χ3v) is 3.19. The quantitative estimate of drug-likeness (QED) is 0.820. The Morgan fingerprint density at radius 3 is 2.55 bits per heavy atom. The van der Waals surface area contributed by atoms with Crippen LogP contribution >= 0.6 is 0 Å². The molecule has 2 aromatic carbocycles. The van der Waals surface area contributed by atoms with Crippen molar-refractivity contribution in [2.24, 2.45) is 0 Å². The van der Waals surface area contributed by atoms with Crippen molar-refractivity contribution in [1.82, 2.24) is 4.90 Å². The Morgan fingerprint density at radius 2 is 1.85 bits per heavy atom. The van der Waals surface area contributed by atoms with Crippen molar-refractivity contribution in [3.05, 3.63) is 59.7 Å². The summed E-state index contributed by atoms with van der Waals surface area (Å²) < 4.78 is 5.73. The standard InChI is InChI=1S/C17H22N2O/c1-14-8-9-17(16(18)12-14)20-11-10-19(2)13-15-6-4-3-5-7-15/h3-9,12H,10-11,13,18H2,1-2H3. The molecule has 0 aliphatic carbocycles. The lowest BCUT2D eigenvalue weighted by atomic mass is 10.2. The summed E-state index contributed by atoms with van der Waals surface area (Å²) in [6.45, 7) is 4.44. The molecule has 2 aromatic rings. The Kier molecular flexibility index (Phi) is 5.02. The fourth-order valence-electron chi connectivity index (χ4n) is 2.08. The molecule has 0 amide bonds. The van der Waals surface area contributed by atoms with Crippen molar-refractivity contribution in [2.45, 2.75) is 13.5 Å². The number of hydrogen-bond donors (Lipinski definition) is 1. The van der Waals surface area contributed by atoms with E-state index in [0.29, 0.717) is 12.3 Å². The van der Waals surface area contributed by atoms with Gasteiger partial charge in [-0.3, -0.25) is 4.90 Å². The maximum Gasteiger partial charge on any atom is 0.142 e. The van der Waals surface area contributed by atoms with E-state index in [2.05, 4.69) is 36.2 Å². The van der Waals surface area contributed by atoms with Crippen LogP contribution in [0.3, 0.4) is 0 Å². The summed E-state index contributed by atoms with van der Waals surface area (Å²) >= 11 is 0. The van der Waals surface area contributed by atoms with E-state index in [1.807, 2.05) is 31.2 Å². The summed E-state index contributed by atoms with van der Waals surface area (Å²) in [6.07, 6.45) is 0. The Labute approximate surface area is 121 Å². The van der Waals surface area contributed by atoms with Gasteiger partial charge in [0, 0.05) is 13.1 Å². The van der Waals surface area contributed by atoms with Crippen molar-refractivity contribution >= 4 is 5.69 Å². The van der Waals surface area contributed by atoms with Gasteiger partial charge in [-0.15, -0.1) is 0 Å². The van der Waals surface area contributed by atoms with Crippen LogP contribution in [0.15, 0.2) is 48.5 Å². The predicted octanol–water partition coefficient (Wildman–Crippen LogP) is 3.09. The van der Waals surface area contributed by atoms with Gasteiger partial charge in [-0.05, 0) is 37.2 Å². The van der Waals surface area contributed by atoms with E-state index < -0.39 is 0 Å². The number of nitrogens with two attached hydrogens (primary N) is 1. The molecule has 0 fully saturated rings. The van der Waals surface area contributed by atoms with Gasteiger partial charge in [0.15, 0.2) is 0 Å². The average Bonchev–Trinajstić information content (AvgIpc) is 2.42. The molecule has 3 nitrogen and oxygen atoms in total. The van der Waals surface area contributed by atoms with Crippen LogP contribution in [0, 0.1) is 6.92 Å². The first-order valence-corrected chi connectivity index (χ1v) is 6.86. The minimum atomic E-state index is 0.636. The van der Waals surface area contributed by atoms with Gasteiger partial charge in [0.05, 0.1) is 5.69 Å². The first-order valence-electron chi connectivity index (χ1n) is 6.86. The van der Waals surface area contributed by atoms with E-state index >= 15 is 0 Å². The first kappa shape index (κ1) is 14.4. The molecule has 0 atom stereocenters. The monoisotopic (exact) mass is 270 g/mol. The number of anilines is 1. The smallest absolute Gasteiger partial charge is 0.142 e. The number of nitrogens with zero attached hydrogens (tertiary/aromatic N) is 1. The van der Waals surface area contributed by atoms with E-state index in [1.54, 1.807) is 0 Å². The summed E-state index contributed by atoms with van der Waals surface area (Å²) in [5.74, 6) is 0.767. The molecule has 0 aromatic heterocycles. The van der Waals surface area contributed by atoms with Gasteiger partial charge in [-0.1, -0.05) is 36.4 Å². The predicted molar refractivity (Wildman–Crippen MR) is 83.9 cm³/mol. The molecule has 0 spiro atoms. The first-order chi connectivity index (χ1) is 9.65. The Hall–Kier alpha value is -2.00. The van der Waals surface area contributed by atoms with E-state index in [4.69, 9.17) is 10.5 Å². The van der Waals surface area contributed by atoms with Crippen molar-refractivity contribution < 1.29 is 4.74 Å². The van der Waals surface area contributed by atoms with Crippen molar-refractivity contribution in [1.29, 1.82) is 0 Å². The van der Waals surface area contributed by atoms with Crippen LogP contribution in [0.1, 0.15) is 11.1 Å². The molecule has 106 valence electrons. The number of hydrogen-bond acceptors (Lipinski definition) is 3. The molecule has 2 N–H and O–H groups in total. The third kappa shape index (κ3) is 4.28. The van der Waals surface area contributed by atoms with Crippen LogP contribution < -0.4 is 10.5 Å². The normalized spacial score (nSPS) is 10.8. The molecule has 0 bridgehead atoms. The lowest BCUT2D eigenvalue weighted by Crippen LogP contribution is -2.24. The molecule has 0 radical (unpaired) electrons. The maximum absolute atomic E-state index is 5.92. The second-order valence-electron chi connectivity index (χ2n) is 5.11. The largest absolute Gasteiger partial charge is 0.490 e. The van der Waals surface area contributed by atoms with Crippen molar-refractivity contribution in [2.75, 3.05) is 25.9 Å². The molecular weight excluding hydrogens is 248 g/mol. The Bertz CT molecular complexity index is 540. The van der Waals surface area contributed by atoms with Crippen LogP contribution in [-0.2, 0) is 6.54 Å². The van der Waals surface area contributed by atoms with E-state index in [0.717, 1.165) is 24.4 Å². The minimum absolute atomic E-state index is 0.636. The number of aryl methyl sites for hydroxylation is 1. The number of ether oxygens (including phenoxy) is 1. The molecule has 0 heterocycles. The summed E-state index contributed by atoms with van der Waals surface area (Å²) in [5, 5.41) is 0. The molecule has 0 unspecified atom stereocenters. The maximum atomic E-state index is 5.92. The van der Waals surface area contributed by atoms with E-state index in [9.17, 15) is 0 Å². The van der Waals surface area contributed by atoms with Gasteiger partial charge < -0.3 is 10.5 Å². The number of nitrogen functional groups attached to an aromatic ring is 1. The lowest BCUT2D eigenvalue weighted by molar-refractivity contribution is 0.233. The van der Waals surface area contributed by atoms with E-state index in [1.165, 1.54) is 5.56 Å². The van der Waals surface area contributed by atoms with Crippen LogP contribution in [-0.4, -0.2) is 25.1 Å². The second-order valence-corrected chi connectivity index (χ2v) is 5.11. The second kappa shape index (κ2) is 6.96. The highest BCUT2D eigenvalue weighted by Gasteiger charge is 2.03. The molecule has 2 rings (SSSR count). The number of benzene rings is 2. The zero-order chi connectivity index (χ0) is 14.4. The molecule has 0 saturated carbocycles. The average molecular weight is 270 g/mol. The van der Waals surface area contributed by atoms with E-state index in [-0.39, 0.29) is 0 Å². The topological polar surface area (TPSA) is 38.5 Å². The highest BCUT2D eigenvalue weighted by Crippen LogP contribution is 2.21. The highest BCUT2D eigenvalue weighted by atomic mass is 16.5. The fourth-order valence-corrected chi connectivity index (χ4v) is 2.08. The molecule has 20 heavy (non-hydrogen) atoms. The van der Waals surface area contributed by atoms with Crippen LogP contribution in [0.2, 0.25) is 0 Å². The van der Waals surface area contributed by atoms with Crippen LogP contribution in [0.5, 0.6) is 5.75 Å². The molecule has 0 aliphatic heterocycles. The highest BCUT2D eigenvalue weighted by molar-refractivity contribution is 5.53.